The summed E-state index contributed by atoms with van der Waals surface area (Å²) in [5.74, 6) is 1.13. The molecule has 1 N–H and O–H groups in total. The van der Waals surface area contributed by atoms with Gasteiger partial charge in [0.2, 0.25) is 0 Å². The lowest BCUT2D eigenvalue weighted by Crippen LogP contribution is -2.29. The Hall–Kier alpha value is -4.77. The topological polar surface area (TPSA) is 117 Å². The van der Waals surface area contributed by atoms with Crippen molar-refractivity contribution in [2.75, 3.05) is 38.4 Å². The number of aliphatic hydroxyl groups is 1. The minimum Gasteiger partial charge on any atom is -0.507 e. The molecule has 2 aliphatic rings. The van der Waals surface area contributed by atoms with Gasteiger partial charge in [-0.25, -0.2) is 4.98 Å². The fourth-order valence-corrected chi connectivity index (χ4v) is 6.32. The maximum absolute atomic E-state index is 13.8. The van der Waals surface area contributed by atoms with Crippen molar-refractivity contribution in [3.8, 4) is 28.7 Å². The quantitative estimate of drug-likeness (QED) is 0.119. The number of Topliss-reactive ketones (excluding diaryl/α,β-unsaturated/α-hetero) is 1. The van der Waals surface area contributed by atoms with Crippen molar-refractivity contribution < 1.29 is 38.4 Å². The number of carbonyl (C=O) groups is 2. The molecule has 3 aromatic carbocycles. The predicted octanol–water partition coefficient (Wildman–Crippen LogP) is 6.53. The van der Waals surface area contributed by atoms with Crippen molar-refractivity contribution in [1.29, 1.82) is 0 Å². The summed E-state index contributed by atoms with van der Waals surface area (Å²) in [6.07, 6.45) is 0.866. The SMILES string of the molecule is CCOc1cc(C2C(=C(O)c3ccc4c(c3)OCCO4)C(=O)C(=O)N2c2nc3ccc(OC)cc3s2)ccc1OCCC(C)C. The first-order chi connectivity index (χ1) is 21.8. The largest absolute Gasteiger partial charge is 0.507 e. The standard InChI is InChI=1S/C34H34N2O8S/c1-5-41-26-16-20(6-10-24(26)42-13-12-19(2)3)30-29(31(37)21-7-11-25-27(17-21)44-15-14-43-25)32(38)33(39)36(30)34-35-23-9-8-22(40-4)18-28(23)45-34/h6-11,16-19,30,37H,5,12-15H2,1-4H3. The minimum atomic E-state index is -1.01. The van der Waals surface area contributed by atoms with Crippen molar-refractivity contribution in [3.05, 3.63) is 71.3 Å². The molecule has 0 saturated carbocycles. The monoisotopic (exact) mass is 630 g/mol. The van der Waals surface area contributed by atoms with Crippen LogP contribution in [0.25, 0.3) is 16.0 Å². The Morgan fingerprint density at radius 1 is 1.02 bits per heavy atom. The number of rotatable bonds is 10. The first-order valence-corrected chi connectivity index (χ1v) is 15.7. The summed E-state index contributed by atoms with van der Waals surface area (Å²) in [6.45, 7) is 7.77. The average molecular weight is 631 g/mol. The lowest BCUT2D eigenvalue weighted by molar-refractivity contribution is -0.132. The molecule has 6 rings (SSSR count). The van der Waals surface area contributed by atoms with E-state index in [1.165, 1.54) is 16.2 Å². The Morgan fingerprint density at radius 3 is 2.58 bits per heavy atom. The highest BCUT2D eigenvalue weighted by Gasteiger charge is 2.48. The van der Waals surface area contributed by atoms with Crippen molar-refractivity contribution in [3.63, 3.8) is 0 Å². The number of fused-ring (bicyclic) bond motifs is 2. The highest BCUT2D eigenvalue weighted by Crippen LogP contribution is 2.47. The van der Waals surface area contributed by atoms with Crippen LogP contribution < -0.4 is 28.6 Å². The second-order valence-electron chi connectivity index (χ2n) is 11.0. The molecule has 1 aromatic heterocycles. The zero-order chi connectivity index (χ0) is 31.7. The van der Waals surface area contributed by atoms with Gasteiger partial charge in [0.15, 0.2) is 28.1 Å². The number of carbonyl (C=O) groups excluding carboxylic acids is 2. The number of thiazole rings is 1. The number of anilines is 1. The number of nitrogens with zero attached hydrogens (tertiary/aromatic N) is 2. The van der Waals surface area contributed by atoms with Crippen molar-refractivity contribution in [2.24, 2.45) is 5.92 Å². The molecular formula is C34H34N2O8S. The molecule has 0 radical (unpaired) electrons. The predicted molar refractivity (Wildman–Crippen MR) is 171 cm³/mol. The molecule has 0 bridgehead atoms. The van der Waals surface area contributed by atoms with E-state index in [2.05, 4.69) is 13.8 Å². The van der Waals surface area contributed by atoms with E-state index in [1.807, 2.05) is 13.0 Å². The second-order valence-corrected chi connectivity index (χ2v) is 12.0. The average Bonchev–Trinajstić information content (AvgIpc) is 3.58. The molecule has 1 saturated heterocycles. The zero-order valence-electron chi connectivity index (χ0n) is 25.5. The molecule has 11 heteroatoms. The van der Waals surface area contributed by atoms with Crippen LogP contribution in [-0.4, -0.2) is 55.3 Å². The Labute approximate surface area is 264 Å². The van der Waals surface area contributed by atoms with Gasteiger partial charge in [-0.3, -0.25) is 14.5 Å². The normalized spacial score (nSPS) is 17.3. The molecule has 10 nitrogen and oxygen atoms in total. The molecule has 1 unspecified atom stereocenters. The van der Waals surface area contributed by atoms with Crippen molar-refractivity contribution >= 4 is 44.1 Å². The molecule has 0 aliphatic carbocycles. The van der Waals surface area contributed by atoms with Crippen LogP contribution in [0.2, 0.25) is 0 Å². The second kappa shape index (κ2) is 12.7. The van der Waals surface area contributed by atoms with E-state index in [0.717, 1.165) is 11.1 Å². The number of hydrogen-bond acceptors (Lipinski definition) is 10. The fraction of sp³-hybridized carbons (Fsp3) is 0.324. The smallest absolute Gasteiger partial charge is 0.301 e. The van der Waals surface area contributed by atoms with Gasteiger partial charge in [-0.15, -0.1) is 0 Å². The van der Waals surface area contributed by atoms with Crippen LogP contribution in [0.15, 0.2) is 60.2 Å². The van der Waals surface area contributed by atoms with Crippen molar-refractivity contribution in [1.82, 2.24) is 4.98 Å². The van der Waals surface area contributed by atoms with Gasteiger partial charge >= 0.3 is 5.91 Å². The first-order valence-electron chi connectivity index (χ1n) is 14.8. The third kappa shape index (κ3) is 5.87. The highest BCUT2D eigenvalue weighted by molar-refractivity contribution is 7.22. The number of aromatic nitrogens is 1. The third-order valence-electron chi connectivity index (χ3n) is 7.59. The van der Waals surface area contributed by atoms with Crippen LogP contribution in [0.4, 0.5) is 5.13 Å². The molecule has 0 spiro atoms. The summed E-state index contributed by atoms with van der Waals surface area (Å²) in [4.78, 5) is 33.7. The molecule has 234 valence electrons. The molecule has 3 heterocycles. The van der Waals surface area contributed by atoms with Crippen molar-refractivity contribution in [2.45, 2.75) is 33.2 Å². The molecule has 1 amide bonds. The number of methoxy groups -OCH3 is 1. The van der Waals surface area contributed by atoms with Gasteiger partial charge < -0.3 is 28.8 Å². The summed E-state index contributed by atoms with van der Waals surface area (Å²) >= 11 is 1.25. The van der Waals surface area contributed by atoms with Gasteiger partial charge in [-0.05, 0) is 73.4 Å². The van der Waals surface area contributed by atoms with E-state index in [9.17, 15) is 14.7 Å². The minimum absolute atomic E-state index is 0.0792. The van der Waals surface area contributed by atoms with E-state index < -0.39 is 17.7 Å². The van der Waals surface area contributed by atoms with Crippen LogP contribution in [0.5, 0.6) is 28.7 Å². The Morgan fingerprint density at radius 2 is 1.82 bits per heavy atom. The summed E-state index contributed by atoms with van der Waals surface area (Å²) in [5.41, 5.74) is 1.43. The van der Waals surface area contributed by atoms with E-state index >= 15 is 0 Å². The third-order valence-corrected chi connectivity index (χ3v) is 8.60. The van der Waals surface area contributed by atoms with Crippen LogP contribution in [-0.2, 0) is 9.59 Å². The molecular weight excluding hydrogens is 596 g/mol. The van der Waals surface area contributed by atoms with E-state index in [0.29, 0.717) is 82.9 Å². The lowest BCUT2D eigenvalue weighted by atomic mass is 9.95. The van der Waals surface area contributed by atoms with Gasteiger partial charge in [-0.2, -0.15) is 0 Å². The number of ketones is 1. The van der Waals surface area contributed by atoms with E-state index in [-0.39, 0.29) is 11.3 Å². The van der Waals surface area contributed by atoms with Gasteiger partial charge in [0.1, 0.15) is 24.7 Å². The Bertz CT molecular complexity index is 1800. The fourth-order valence-electron chi connectivity index (χ4n) is 5.30. The van der Waals surface area contributed by atoms with Gasteiger partial charge in [0.25, 0.3) is 5.78 Å². The maximum Gasteiger partial charge on any atom is 0.301 e. The van der Waals surface area contributed by atoms with Crippen LogP contribution in [0.3, 0.4) is 0 Å². The number of hydrogen-bond donors (Lipinski definition) is 1. The summed E-state index contributed by atoms with van der Waals surface area (Å²) < 4.78 is 29.5. The number of amides is 1. The molecule has 4 aromatic rings. The molecule has 1 fully saturated rings. The molecule has 2 aliphatic heterocycles. The van der Waals surface area contributed by atoms with Crippen LogP contribution in [0.1, 0.15) is 44.4 Å². The van der Waals surface area contributed by atoms with Gasteiger partial charge in [0.05, 0.1) is 42.2 Å². The Kier molecular flexibility index (Phi) is 8.53. The number of aliphatic hydroxyl groups excluding tert-OH is 1. The Balaban J connectivity index is 1.50. The van der Waals surface area contributed by atoms with E-state index in [1.54, 1.807) is 55.6 Å². The summed E-state index contributed by atoms with van der Waals surface area (Å²) in [7, 11) is 1.58. The summed E-state index contributed by atoms with van der Waals surface area (Å²) in [6, 6.07) is 14.6. The number of benzene rings is 3. The zero-order valence-corrected chi connectivity index (χ0v) is 26.3. The first kappa shape index (κ1) is 30.3. The van der Waals surface area contributed by atoms with Gasteiger partial charge in [0, 0.05) is 5.56 Å². The van der Waals surface area contributed by atoms with Gasteiger partial charge in [-0.1, -0.05) is 31.3 Å². The van der Waals surface area contributed by atoms with Crippen LogP contribution in [0, 0.1) is 5.92 Å². The lowest BCUT2D eigenvalue weighted by Gasteiger charge is -2.24. The summed E-state index contributed by atoms with van der Waals surface area (Å²) in [5, 5.41) is 12.0. The van der Waals surface area contributed by atoms with Crippen LogP contribution >= 0.6 is 11.3 Å². The number of ether oxygens (including phenoxy) is 5. The maximum atomic E-state index is 13.8. The van der Waals surface area contributed by atoms with E-state index in [4.69, 9.17) is 28.7 Å². The molecule has 1 atom stereocenters. The molecule has 45 heavy (non-hydrogen) atoms. The highest BCUT2D eigenvalue weighted by atomic mass is 32.1.